The quantitative estimate of drug-likeness (QED) is 0.484. The number of hydrogen-bond donors (Lipinski definition) is 1. The monoisotopic (exact) mass is 519 g/mol. The number of methoxy groups -OCH3 is 1. The molecule has 196 valence electrons. The van der Waals surface area contributed by atoms with Gasteiger partial charge in [-0.1, -0.05) is 19.1 Å². The molecule has 10 nitrogen and oxygen atoms in total. The van der Waals surface area contributed by atoms with Gasteiger partial charge in [0.2, 0.25) is 21.8 Å². The molecule has 2 aromatic carbocycles. The van der Waals surface area contributed by atoms with Crippen LogP contribution in [0.1, 0.15) is 25.8 Å². The van der Waals surface area contributed by atoms with Crippen LogP contribution in [0.3, 0.4) is 0 Å². The summed E-state index contributed by atoms with van der Waals surface area (Å²) in [6.07, 6.45) is 1.77. The minimum atomic E-state index is -3.85. The zero-order chi connectivity index (χ0) is 26.3. The van der Waals surface area contributed by atoms with Crippen molar-refractivity contribution in [3.8, 4) is 17.2 Å². The van der Waals surface area contributed by atoms with Crippen LogP contribution in [0.25, 0.3) is 0 Å². The van der Waals surface area contributed by atoms with Crippen molar-refractivity contribution in [3.05, 3.63) is 48.0 Å². The molecule has 0 saturated heterocycles. The highest BCUT2D eigenvalue weighted by Gasteiger charge is 2.30. The third kappa shape index (κ3) is 6.81. The first kappa shape index (κ1) is 27.1. The molecule has 0 aliphatic carbocycles. The standard InChI is InChI=1S/C25H33N3O7S/c1-5-11-26-25(30)18(2)27(16-19-7-6-8-21(14-19)33-3)24(29)17-28(36(4,31)32)20-9-10-22-23(15-20)35-13-12-34-22/h6-10,14-15,18H,5,11-13,16-17H2,1-4H3,(H,26,30). The van der Waals surface area contributed by atoms with Crippen molar-refractivity contribution in [1.82, 2.24) is 10.2 Å². The Bertz CT molecular complexity index is 1190. The zero-order valence-electron chi connectivity index (χ0n) is 21.0. The molecule has 1 aliphatic heterocycles. The highest BCUT2D eigenvalue weighted by molar-refractivity contribution is 7.92. The lowest BCUT2D eigenvalue weighted by Crippen LogP contribution is -2.51. The lowest BCUT2D eigenvalue weighted by Gasteiger charge is -2.31. The number of anilines is 1. The number of sulfonamides is 1. The zero-order valence-corrected chi connectivity index (χ0v) is 21.8. The lowest BCUT2D eigenvalue weighted by atomic mass is 10.1. The van der Waals surface area contributed by atoms with Gasteiger partial charge < -0.3 is 24.4 Å². The minimum Gasteiger partial charge on any atom is -0.497 e. The second-order valence-corrected chi connectivity index (χ2v) is 10.3. The van der Waals surface area contributed by atoms with Crippen LogP contribution in [0.4, 0.5) is 5.69 Å². The first-order chi connectivity index (χ1) is 17.1. The van der Waals surface area contributed by atoms with E-state index >= 15 is 0 Å². The number of rotatable bonds is 11. The normalized spacial score (nSPS) is 13.4. The molecule has 0 radical (unpaired) electrons. The fourth-order valence-electron chi connectivity index (χ4n) is 3.75. The average molecular weight is 520 g/mol. The Morgan fingerprint density at radius 3 is 2.50 bits per heavy atom. The third-order valence-electron chi connectivity index (χ3n) is 5.70. The summed E-state index contributed by atoms with van der Waals surface area (Å²) in [6.45, 7) is 4.37. The van der Waals surface area contributed by atoms with Gasteiger partial charge >= 0.3 is 0 Å². The Labute approximate surface area is 212 Å². The maximum atomic E-state index is 13.6. The van der Waals surface area contributed by atoms with Crippen molar-refractivity contribution in [3.63, 3.8) is 0 Å². The van der Waals surface area contributed by atoms with E-state index in [1.807, 2.05) is 13.0 Å². The van der Waals surface area contributed by atoms with Gasteiger partial charge in [-0.15, -0.1) is 0 Å². The number of carbonyl (C=O) groups excluding carboxylic acids is 2. The molecule has 1 N–H and O–H groups in total. The van der Waals surface area contributed by atoms with E-state index in [0.717, 1.165) is 22.5 Å². The van der Waals surface area contributed by atoms with Crippen LogP contribution in [-0.4, -0.2) is 70.8 Å². The van der Waals surface area contributed by atoms with E-state index in [9.17, 15) is 18.0 Å². The van der Waals surface area contributed by atoms with Crippen molar-refractivity contribution in [2.75, 3.05) is 44.0 Å². The Balaban J connectivity index is 1.91. The number of amides is 2. The van der Waals surface area contributed by atoms with Crippen LogP contribution in [0.15, 0.2) is 42.5 Å². The van der Waals surface area contributed by atoms with Crippen LogP contribution in [0, 0.1) is 0 Å². The molecule has 0 spiro atoms. The molecular weight excluding hydrogens is 486 g/mol. The third-order valence-corrected chi connectivity index (χ3v) is 6.84. The number of hydrogen-bond acceptors (Lipinski definition) is 7. The molecule has 3 rings (SSSR count). The van der Waals surface area contributed by atoms with Crippen LogP contribution in [-0.2, 0) is 26.2 Å². The van der Waals surface area contributed by atoms with Gasteiger partial charge in [-0.05, 0) is 43.2 Å². The molecule has 2 aromatic rings. The molecule has 2 amide bonds. The smallest absolute Gasteiger partial charge is 0.244 e. The Hall–Kier alpha value is -3.47. The first-order valence-electron chi connectivity index (χ1n) is 11.7. The van der Waals surface area contributed by atoms with E-state index in [4.69, 9.17) is 14.2 Å². The maximum Gasteiger partial charge on any atom is 0.244 e. The number of benzene rings is 2. The summed E-state index contributed by atoms with van der Waals surface area (Å²) in [6, 6.07) is 11.0. The molecule has 0 saturated carbocycles. The summed E-state index contributed by atoms with van der Waals surface area (Å²) in [7, 11) is -2.31. The van der Waals surface area contributed by atoms with Gasteiger partial charge in [0.05, 0.1) is 19.1 Å². The van der Waals surface area contributed by atoms with Crippen molar-refractivity contribution in [1.29, 1.82) is 0 Å². The Morgan fingerprint density at radius 1 is 1.11 bits per heavy atom. The molecule has 1 heterocycles. The summed E-state index contributed by atoms with van der Waals surface area (Å²) >= 11 is 0. The van der Waals surface area contributed by atoms with Gasteiger partial charge in [-0.25, -0.2) is 8.42 Å². The van der Waals surface area contributed by atoms with E-state index in [1.165, 1.54) is 11.0 Å². The van der Waals surface area contributed by atoms with Gasteiger partial charge in [0, 0.05) is 19.2 Å². The highest BCUT2D eigenvalue weighted by Crippen LogP contribution is 2.34. The van der Waals surface area contributed by atoms with Gasteiger partial charge in [-0.2, -0.15) is 0 Å². The van der Waals surface area contributed by atoms with E-state index in [-0.39, 0.29) is 18.1 Å². The molecular formula is C25H33N3O7S. The largest absolute Gasteiger partial charge is 0.497 e. The van der Waals surface area contributed by atoms with E-state index in [1.54, 1.807) is 44.4 Å². The fourth-order valence-corrected chi connectivity index (χ4v) is 4.59. The molecule has 11 heteroatoms. The summed E-state index contributed by atoms with van der Waals surface area (Å²) in [4.78, 5) is 27.7. The van der Waals surface area contributed by atoms with E-state index in [0.29, 0.717) is 37.0 Å². The molecule has 0 aromatic heterocycles. The minimum absolute atomic E-state index is 0.0927. The van der Waals surface area contributed by atoms with Crippen LogP contribution >= 0.6 is 0 Å². The number of fused-ring (bicyclic) bond motifs is 1. The highest BCUT2D eigenvalue weighted by atomic mass is 32.2. The summed E-state index contributed by atoms with van der Waals surface area (Å²) in [5.74, 6) is 0.665. The van der Waals surface area contributed by atoms with Crippen LogP contribution in [0.5, 0.6) is 17.2 Å². The second-order valence-electron chi connectivity index (χ2n) is 8.44. The maximum absolute atomic E-state index is 13.6. The summed E-state index contributed by atoms with van der Waals surface area (Å²) < 4.78 is 42.8. The van der Waals surface area contributed by atoms with Crippen LogP contribution in [0.2, 0.25) is 0 Å². The molecule has 1 aliphatic rings. The molecule has 0 fully saturated rings. The van der Waals surface area contributed by atoms with E-state index < -0.39 is 28.5 Å². The predicted molar refractivity (Wildman–Crippen MR) is 136 cm³/mol. The fraction of sp³-hybridized carbons (Fsp3) is 0.440. The van der Waals surface area contributed by atoms with Crippen molar-refractivity contribution in [2.45, 2.75) is 32.9 Å². The SMILES string of the molecule is CCCNC(=O)C(C)N(Cc1cccc(OC)c1)C(=O)CN(c1ccc2c(c1)OCCO2)S(C)(=O)=O. The van der Waals surface area contributed by atoms with Gasteiger partial charge in [0.1, 0.15) is 31.5 Å². The van der Waals surface area contributed by atoms with Gasteiger partial charge in [0.25, 0.3) is 0 Å². The Morgan fingerprint density at radius 2 is 1.83 bits per heavy atom. The van der Waals surface area contributed by atoms with Gasteiger partial charge in [0.15, 0.2) is 11.5 Å². The lowest BCUT2D eigenvalue weighted by molar-refractivity contribution is -0.139. The average Bonchev–Trinajstić information content (AvgIpc) is 2.87. The summed E-state index contributed by atoms with van der Waals surface area (Å²) in [5.41, 5.74) is 1.00. The number of ether oxygens (including phenoxy) is 3. The molecule has 1 unspecified atom stereocenters. The number of nitrogens with one attached hydrogen (secondary N) is 1. The second kappa shape index (κ2) is 12.0. The molecule has 0 bridgehead atoms. The van der Waals surface area contributed by atoms with Gasteiger partial charge in [-0.3, -0.25) is 13.9 Å². The molecule has 1 atom stereocenters. The van der Waals surface area contributed by atoms with Crippen molar-refractivity contribution in [2.24, 2.45) is 0 Å². The molecule has 36 heavy (non-hydrogen) atoms. The number of carbonyl (C=O) groups is 2. The predicted octanol–water partition coefficient (Wildman–Crippen LogP) is 2.18. The topological polar surface area (TPSA) is 114 Å². The van der Waals surface area contributed by atoms with Crippen molar-refractivity contribution < 1.29 is 32.2 Å². The van der Waals surface area contributed by atoms with Crippen molar-refractivity contribution >= 4 is 27.5 Å². The van der Waals surface area contributed by atoms with E-state index in [2.05, 4.69) is 5.32 Å². The first-order valence-corrected chi connectivity index (χ1v) is 13.6. The Kier molecular flexibility index (Phi) is 9.03. The summed E-state index contributed by atoms with van der Waals surface area (Å²) in [5, 5.41) is 2.81. The number of nitrogens with zero attached hydrogens (tertiary/aromatic N) is 2. The van der Waals surface area contributed by atoms with Crippen LogP contribution < -0.4 is 23.8 Å².